The Kier molecular flexibility index (Phi) is 4.38. The molecule has 2 aromatic heterocycles. The molecule has 0 radical (unpaired) electrons. The second-order valence-electron chi connectivity index (χ2n) is 6.20. The molecule has 0 N–H and O–H groups in total. The molecule has 0 spiro atoms. The molecule has 0 saturated heterocycles. The summed E-state index contributed by atoms with van der Waals surface area (Å²) in [6.07, 6.45) is 2.92. The van der Waals surface area contributed by atoms with Gasteiger partial charge in [-0.05, 0) is 23.3 Å². The number of hydrogen-bond acceptors (Lipinski definition) is 4. The molecule has 1 aliphatic heterocycles. The van der Waals surface area contributed by atoms with Crippen LogP contribution < -0.4 is 0 Å². The molecular formula is C19H17ClN4OS. The predicted octanol–water partition coefficient (Wildman–Crippen LogP) is 3.86. The smallest absolute Gasteiger partial charge is 0.246 e. The Balaban J connectivity index is 1.86. The average molecular weight is 385 g/mol. The Labute approximate surface area is 160 Å². The van der Waals surface area contributed by atoms with Crippen LogP contribution in [0.5, 0.6) is 0 Å². The molecule has 3 aromatic rings. The number of hydrogen-bond donors (Lipinski definition) is 0. The number of amides is 1. The van der Waals surface area contributed by atoms with E-state index >= 15 is 0 Å². The van der Waals surface area contributed by atoms with Crippen molar-refractivity contribution in [2.75, 3.05) is 6.54 Å². The first-order valence-corrected chi connectivity index (χ1v) is 9.40. The molecule has 1 aromatic carbocycles. The van der Waals surface area contributed by atoms with Crippen molar-refractivity contribution in [3.8, 4) is 11.4 Å². The third kappa shape index (κ3) is 2.85. The molecule has 0 bridgehead atoms. The van der Waals surface area contributed by atoms with Gasteiger partial charge < -0.3 is 4.90 Å². The van der Waals surface area contributed by atoms with Gasteiger partial charge in [-0.15, -0.1) is 11.3 Å². The Morgan fingerprint density at radius 2 is 2.19 bits per heavy atom. The third-order valence-corrected chi connectivity index (χ3v) is 5.96. The van der Waals surface area contributed by atoms with E-state index in [2.05, 4.69) is 22.7 Å². The monoisotopic (exact) mass is 384 g/mol. The van der Waals surface area contributed by atoms with Crippen LogP contribution in [0.4, 0.5) is 0 Å². The highest BCUT2D eigenvalue weighted by molar-refractivity contribution is 7.16. The summed E-state index contributed by atoms with van der Waals surface area (Å²) >= 11 is 7.83. The van der Waals surface area contributed by atoms with Crippen LogP contribution in [0.15, 0.2) is 49.3 Å². The summed E-state index contributed by atoms with van der Waals surface area (Å²) in [6.45, 7) is 4.78. The predicted molar refractivity (Wildman–Crippen MR) is 103 cm³/mol. The van der Waals surface area contributed by atoms with Gasteiger partial charge in [-0.1, -0.05) is 42.4 Å². The summed E-state index contributed by atoms with van der Waals surface area (Å²) < 4.78 is 2.50. The van der Waals surface area contributed by atoms with Crippen molar-refractivity contribution >= 4 is 28.8 Å². The number of carbonyl (C=O) groups is 1. The summed E-state index contributed by atoms with van der Waals surface area (Å²) in [5.74, 6) is 0.760. The highest BCUT2D eigenvalue weighted by atomic mass is 35.5. The first-order chi connectivity index (χ1) is 12.6. The van der Waals surface area contributed by atoms with Gasteiger partial charge in [0.2, 0.25) is 5.91 Å². The maximum Gasteiger partial charge on any atom is 0.246 e. The van der Waals surface area contributed by atoms with Crippen LogP contribution in [0.2, 0.25) is 4.34 Å². The van der Waals surface area contributed by atoms with Crippen molar-refractivity contribution in [2.24, 2.45) is 7.05 Å². The molecule has 1 atom stereocenters. The van der Waals surface area contributed by atoms with Gasteiger partial charge in [0.1, 0.15) is 6.33 Å². The zero-order valence-corrected chi connectivity index (χ0v) is 15.8. The van der Waals surface area contributed by atoms with Crippen molar-refractivity contribution in [2.45, 2.75) is 12.5 Å². The zero-order valence-electron chi connectivity index (χ0n) is 14.2. The normalized spacial score (nSPS) is 16.4. The summed E-state index contributed by atoms with van der Waals surface area (Å²) in [6, 6.07) is 10.2. The standard InChI is InChI=1S/C19H17ClN4OS/c1-3-18(25)24-9-15(14-8-17(20)26-16(14)10-24)12-6-4-5-7-13(12)19-21-11-22-23(19)2/h3-8,11,15H,1,9-10H2,2H3/t15-/m1/s1. The van der Waals surface area contributed by atoms with E-state index in [4.69, 9.17) is 11.6 Å². The van der Waals surface area contributed by atoms with Gasteiger partial charge >= 0.3 is 0 Å². The molecule has 5 nitrogen and oxygen atoms in total. The van der Waals surface area contributed by atoms with E-state index in [0.717, 1.165) is 26.2 Å². The minimum atomic E-state index is -0.0682. The number of halogens is 1. The van der Waals surface area contributed by atoms with Crippen molar-refractivity contribution in [1.29, 1.82) is 0 Å². The number of fused-ring (bicyclic) bond motifs is 1. The Bertz CT molecular complexity index is 993. The van der Waals surface area contributed by atoms with E-state index in [0.29, 0.717) is 13.1 Å². The van der Waals surface area contributed by atoms with Crippen LogP contribution in [-0.2, 0) is 18.4 Å². The number of aromatic nitrogens is 3. The molecular weight excluding hydrogens is 368 g/mol. The number of rotatable bonds is 3. The molecule has 132 valence electrons. The lowest BCUT2D eigenvalue weighted by molar-refractivity contribution is -0.127. The summed E-state index contributed by atoms with van der Waals surface area (Å²) in [5, 5.41) is 4.19. The minimum Gasteiger partial charge on any atom is -0.333 e. The van der Waals surface area contributed by atoms with E-state index in [1.807, 2.05) is 36.2 Å². The van der Waals surface area contributed by atoms with E-state index < -0.39 is 0 Å². The van der Waals surface area contributed by atoms with Crippen molar-refractivity contribution in [3.63, 3.8) is 0 Å². The highest BCUT2D eigenvalue weighted by Gasteiger charge is 2.32. The van der Waals surface area contributed by atoms with E-state index in [1.54, 1.807) is 11.0 Å². The molecule has 1 aliphatic rings. The largest absolute Gasteiger partial charge is 0.333 e. The first kappa shape index (κ1) is 17.0. The number of aryl methyl sites for hydroxylation is 1. The molecule has 0 aliphatic carbocycles. The molecule has 7 heteroatoms. The third-order valence-electron chi connectivity index (χ3n) is 4.70. The fourth-order valence-electron chi connectivity index (χ4n) is 3.49. The van der Waals surface area contributed by atoms with Crippen LogP contribution in [-0.4, -0.2) is 32.1 Å². The van der Waals surface area contributed by atoms with Crippen LogP contribution in [0, 0.1) is 0 Å². The number of nitrogens with zero attached hydrogens (tertiary/aromatic N) is 4. The summed E-state index contributed by atoms with van der Waals surface area (Å²) in [5.41, 5.74) is 3.31. The van der Waals surface area contributed by atoms with Gasteiger partial charge in [-0.25, -0.2) is 9.67 Å². The average Bonchev–Trinajstić information content (AvgIpc) is 3.24. The number of benzene rings is 1. The van der Waals surface area contributed by atoms with Gasteiger partial charge in [0.15, 0.2) is 5.82 Å². The molecule has 3 heterocycles. The van der Waals surface area contributed by atoms with Gasteiger partial charge in [-0.2, -0.15) is 5.10 Å². The maximum atomic E-state index is 12.3. The van der Waals surface area contributed by atoms with Gasteiger partial charge in [0, 0.05) is 30.0 Å². The van der Waals surface area contributed by atoms with E-state index in [9.17, 15) is 4.79 Å². The fraction of sp³-hybridized carbons (Fsp3) is 0.211. The van der Waals surface area contributed by atoms with E-state index in [-0.39, 0.29) is 11.8 Å². The van der Waals surface area contributed by atoms with Gasteiger partial charge in [0.05, 0.1) is 10.9 Å². The van der Waals surface area contributed by atoms with Gasteiger partial charge in [-0.3, -0.25) is 4.79 Å². The van der Waals surface area contributed by atoms with Gasteiger partial charge in [0.25, 0.3) is 0 Å². The van der Waals surface area contributed by atoms with Crippen LogP contribution in [0.1, 0.15) is 21.9 Å². The molecule has 26 heavy (non-hydrogen) atoms. The fourth-order valence-corrected chi connectivity index (χ4v) is 4.85. The molecule has 0 unspecified atom stereocenters. The lowest BCUT2D eigenvalue weighted by atomic mass is 9.85. The molecule has 4 rings (SSSR count). The summed E-state index contributed by atoms with van der Waals surface area (Å²) in [4.78, 5) is 19.6. The molecule has 0 fully saturated rings. The molecule has 1 amide bonds. The van der Waals surface area contributed by atoms with Crippen molar-refractivity contribution in [1.82, 2.24) is 19.7 Å². The van der Waals surface area contributed by atoms with E-state index in [1.165, 1.54) is 23.0 Å². The molecule has 0 saturated carbocycles. The lowest BCUT2D eigenvalue weighted by Gasteiger charge is -2.33. The quantitative estimate of drug-likeness (QED) is 0.644. The van der Waals surface area contributed by atoms with Crippen molar-refractivity contribution in [3.05, 3.63) is 69.7 Å². The number of thiophene rings is 1. The van der Waals surface area contributed by atoms with Crippen LogP contribution >= 0.6 is 22.9 Å². The Morgan fingerprint density at radius 1 is 1.38 bits per heavy atom. The maximum absolute atomic E-state index is 12.3. The number of carbonyl (C=O) groups excluding carboxylic acids is 1. The van der Waals surface area contributed by atoms with Crippen molar-refractivity contribution < 1.29 is 4.79 Å². The minimum absolute atomic E-state index is 0.0271. The van der Waals surface area contributed by atoms with Crippen LogP contribution in [0.25, 0.3) is 11.4 Å². The SMILES string of the molecule is C=CC(=O)N1Cc2sc(Cl)cc2[C@@H](c2ccccc2-c2ncnn2C)C1. The lowest BCUT2D eigenvalue weighted by Crippen LogP contribution is -2.37. The first-order valence-electron chi connectivity index (χ1n) is 8.21. The second kappa shape index (κ2) is 6.70. The Morgan fingerprint density at radius 3 is 2.92 bits per heavy atom. The highest BCUT2D eigenvalue weighted by Crippen LogP contribution is 2.42. The van der Waals surface area contributed by atoms with Crippen LogP contribution in [0.3, 0.4) is 0 Å². The second-order valence-corrected chi connectivity index (χ2v) is 7.97. The zero-order chi connectivity index (χ0) is 18.3. The topological polar surface area (TPSA) is 51.0 Å². The Hall–Kier alpha value is -2.44. The summed E-state index contributed by atoms with van der Waals surface area (Å²) in [7, 11) is 1.88.